The second kappa shape index (κ2) is 9.88. The monoisotopic (exact) mass is 369 g/mol. The number of halogens is 1. The normalized spacial score (nSPS) is 12.3. The van der Waals surface area contributed by atoms with Crippen LogP contribution in [0.1, 0.15) is 52.5 Å². The van der Waals surface area contributed by atoms with Crippen molar-refractivity contribution < 1.29 is 9.53 Å². The first-order chi connectivity index (χ1) is 10.5. The lowest BCUT2D eigenvalue weighted by molar-refractivity contribution is -0.116. The summed E-state index contributed by atoms with van der Waals surface area (Å²) in [7, 11) is 0. The van der Waals surface area contributed by atoms with Crippen LogP contribution in [0, 0.1) is 5.92 Å². The molecule has 0 radical (unpaired) electrons. The predicted octanol–water partition coefficient (Wildman–Crippen LogP) is 5.18. The third-order valence-electron chi connectivity index (χ3n) is 3.53. The number of benzene rings is 1. The van der Waals surface area contributed by atoms with Crippen LogP contribution < -0.4 is 10.1 Å². The van der Waals surface area contributed by atoms with E-state index in [2.05, 4.69) is 48.1 Å². The van der Waals surface area contributed by atoms with Crippen LogP contribution in [-0.4, -0.2) is 17.3 Å². The van der Waals surface area contributed by atoms with Gasteiger partial charge in [-0.2, -0.15) is 0 Å². The van der Waals surface area contributed by atoms with Gasteiger partial charge in [0.05, 0.1) is 12.3 Å². The first-order valence-corrected chi connectivity index (χ1v) is 9.09. The number of amides is 1. The summed E-state index contributed by atoms with van der Waals surface area (Å²) in [6, 6.07) is 6.05. The fourth-order valence-electron chi connectivity index (χ4n) is 2.08. The summed E-state index contributed by atoms with van der Waals surface area (Å²) in [5.74, 6) is 1.38. The van der Waals surface area contributed by atoms with Gasteiger partial charge in [0.1, 0.15) is 5.75 Å². The molecule has 0 aromatic heterocycles. The van der Waals surface area contributed by atoms with Gasteiger partial charge < -0.3 is 10.1 Å². The van der Waals surface area contributed by atoms with E-state index in [0.717, 1.165) is 30.7 Å². The van der Waals surface area contributed by atoms with Crippen molar-refractivity contribution in [2.75, 3.05) is 11.9 Å². The average molecular weight is 370 g/mol. The van der Waals surface area contributed by atoms with Gasteiger partial charge >= 0.3 is 0 Å². The van der Waals surface area contributed by atoms with E-state index >= 15 is 0 Å². The van der Waals surface area contributed by atoms with Gasteiger partial charge in [-0.05, 0) is 43.4 Å². The van der Waals surface area contributed by atoms with Crippen LogP contribution in [0.15, 0.2) is 18.2 Å². The molecule has 124 valence electrons. The number of alkyl halides is 1. The van der Waals surface area contributed by atoms with Crippen molar-refractivity contribution in [3.05, 3.63) is 23.8 Å². The highest BCUT2D eigenvalue weighted by Gasteiger charge is 2.13. The summed E-state index contributed by atoms with van der Waals surface area (Å²) < 4.78 is 5.70. The van der Waals surface area contributed by atoms with E-state index in [1.54, 1.807) is 0 Å². The molecule has 4 heteroatoms. The number of carbonyl (C=O) groups is 1. The van der Waals surface area contributed by atoms with Crippen LogP contribution in [0.25, 0.3) is 0 Å². The Morgan fingerprint density at radius 3 is 2.64 bits per heavy atom. The second-order valence-corrected chi connectivity index (χ2v) is 7.06. The number of ether oxygens (including phenoxy) is 1. The zero-order valence-electron chi connectivity index (χ0n) is 14.1. The molecule has 1 atom stereocenters. The highest BCUT2D eigenvalue weighted by molar-refractivity contribution is 9.09. The van der Waals surface area contributed by atoms with E-state index in [1.807, 2.05) is 19.1 Å². The lowest BCUT2D eigenvalue weighted by Crippen LogP contribution is -2.13. The topological polar surface area (TPSA) is 38.3 Å². The standard InChI is InChI=1S/C18H28BrNO2/c1-5-7-8-18(21)20-16-10-9-14(11-15(19)13(3)4)12-17(16)22-6-2/h9-10,12-13,15H,5-8,11H2,1-4H3,(H,20,21). The van der Waals surface area contributed by atoms with E-state index in [4.69, 9.17) is 4.74 Å². The van der Waals surface area contributed by atoms with Gasteiger partial charge in [-0.1, -0.05) is 49.2 Å². The van der Waals surface area contributed by atoms with Crippen molar-refractivity contribution in [2.45, 2.75) is 58.2 Å². The first kappa shape index (κ1) is 19.0. The average Bonchev–Trinajstić information content (AvgIpc) is 2.48. The van der Waals surface area contributed by atoms with Crippen molar-refractivity contribution >= 4 is 27.5 Å². The Bertz CT molecular complexity index is 474. The maximum atomic E-state index is 11.9. The number of rotatable bonds is 9. The molecule has 1 amide bonds. The maximum absolute atomic E-state index is 11.9. The Morgan fingerprint density at radius 1 is 1.32 bits per heavy atom. The van der Waals surface area contributed by atoms with E-state index in [-0.39, 0.29) is 5.91 Å². The minimum Gasteiger partial charge on any atom is -0.492 e. The summed E-state index contributed by atoms with van der Waals surface area (Å²) in [5.41, 5.74) is 1.98. The zero-order chi connectivity index (χ0) is 16.5. The van der Waals surface area contributed by atoms with Gasteiger partial charge in [-0.15, -0.1) is 0 Å². The van der Waals surface area contributed by atoms with Crippen molar-refractivity contribution in [2.24, 2.45) is 5.92 Å². The van der Waals surface area contributed by atoms with Crippen LogP contribution >= 0.6 is 15.9 Å². The van der Waals surface area contributed by atoms with Crippen LogP contribution in [0.4, 0.5) is 5.69 Å². The SMILES string of the molecule is CCCCC(=O)Nc1ccc(CC(Br)C(C)C)cc1OCC. The van der Waals surface area contributed by atoms with Crippen molar-refractivity contribution in [1.29, 1.82) is 0 Å². The molecule has 0 fully saturated rings. The number of unbranched alkanes of at least 4 members (excludes halogenated alkanes) is 1. The molecule has 1 aromatic carbocycles. The first-order valence-electron chi connectivity index (χ1n) is 8.17. The van der Waals surface area contributed by atoms with Gasteiger partial charge in [0.15, 0.2) is 0 Å². The number of carbonyl (C=O) groups excluding carboxylic acids is 1. The van der Waals surface area contributed by atoms with E-state index in [9.17, 15) is 4.79 Å². The molecule has 0 bridgehead atoms. The summed E-state index contributed by atoms with van der Waals surface area (Å²) in [5, 5.41) is 2.96. The van der Waals surface area contributed by atoms with Crippen LogP contribution in [0.3, 0.4) is 0 Å². The summed E-state index contributed by atoms with van der Waals surface area (Å²) in [6.07, 6.45) is 3.43. The smallest absolute Gasteiger partial charge is 0.224 e. The van der Waals surface area contributed by atoms with Gasteiger partial charge in [-0.25, -0.2) is 0 Å². The molecule has 1 unspecified atom stereocenters. The molecular formula is C18H28BrNO2. The second-order valence-electron chi connectivity index (χ2n) is 5.88. The Labute approximate surface area is 143 Å². The molecule has 0 heterocycles. The molecule has 1 aromatic rings. The molecule has 0 saturated heterocycles. The molecular weight excluding hydrogens is 342 g/mol. The van der Waals surface area contributed by atoms with Gasteiger partial charge in [0, 0.05) is 11.2 Å². The lowest BCUT2D eigenvalue weighted by Gasteiger charge is -2.16. The minimum atomic E-state index is 0.0519. The number of anilines is 1. The van der Waals surface area contributed by atoms with Crippen molar-refractivity contribution in [3.63, 3.8) is 0 Å². The fraction of sp³-hybridized carbons (Fsp3) is 0.611. The highest BCUT2D eigenvalue weighted by Crippen LogP contribution is 2.28. The third kappa shape index (κ3) is 6.39. The number of nitrogens with one attached hydrogen (secondary N) is 1. The zero-order valence-corrected chi connectivity index (χ0v) is 15.7. The van der Waals surface area contributed by atoms with Gasteiger partial charge in [-0.3, -0.25) is 4.79 Å². The van der Waals surface area contributed by atoms with Crippen molar-refractivity contribution in [3.8, 4) is 5.75 Å². The highest BCUT2D eigenvalue weighted by atomic mass is 79.9. The van der Waals surface area contributed by atoms with E-state index < -0.39 is 0 Å². The van der Waals surface area contributed by atoms with Crippen LogP contribution in [0.2, 0.25) is 0 Å². The third-order valence-corrected chi connectivity index (χ3v) is 4.91. The summed E-state index contributed by atoms with van der Waals surface area (Å²) >= 11 is 3.72. The van der Waals surface area contributed by atoms with Crippen LogP contribution in [-0.2, 0) is 11.2 Å². The largest absolute Gasteiger partial charge is 0.492 e. The predicted molar refractivity (Wildman–Crippen MR) is 97.0 cm³/mol. The van der Waals surface area contributed by atoms with Crippen molar-refractivity contribution in [1.82, 2.24) is 0 Å². The Morgan fingerprint density at radius 2 is 2.05 bits per heavy atom. The Kier molecular flexibility index (Phi) is 8.54. The van der Waals surface area contributed by atoms with Crippen LogP contribution in [0.5, 0.6) is 5.75 Å². The Balaban J connectivity index is 2.83. The molecule has 0 aliphatic heterocycles. The molecule has 1 rings (SSSR count). The lowest BCUT2D eigenvalue weighted by atomic mass is 10.0. The molecule has 0 spiro atoms. The number of hydrogen-bond acceptors (Lipinski definition) is 2. The summed E-state index contributed by atoms with van der Waals surface area (Å²) in [4.78, 5) is 12.3. The van der Waals surface area contributed by atoms with E-state index in [1.165, 1.54) is 5.56 Å². The minimum absolute atomic E-state index is 0.0519. The molecule has 0 saturated carbocycles. The summed E-state index contributed by atoms with van der Waals surface area (Å²) in [6.45, 7) is 9.02. The van der Waals surface area contributed by atoms with Gasteiger partial charge in [0.2, 0.25) is 5.91 Å². The fourth-order valence-corrected chi connectivity index (χ4v) is 2.46. The molecule has 22 heavy (non-hydrogen) atoms. The molecule has 0 aliphatic rings. The van der Waals surface area contributed by atoms with Gasteiger partial charge in [0.25, 0.3) is 0 Å². The van der Waals surface area contributed by atoms with E-state index in [0.29, 0.717) is 23.8 Å². The maximum Gasteiger partial charge on any atom is 0.224 e. The molecule has 0 aliphatic carbocycles. The molecule has 1 N–H and O–H groups in total. The quantitative estimate of drug-likeness (QED) is 0.609. The molecule has 3 nitrogen and oxygen atoms in total. The Hall–Kier alpha value is -1.03. The number of hydrogen-bond donors (Lipinski definition) is 1.